The van der Waals surface area contributed by atoms with Gasteiger partial charge in [0, 0.05) is 17.7 Å². The lowest BCUT2D eigenvalue weighted by atomic mass is 9.90. The zero-order chi connectivity index (χ0) is 19.8. The van der Waals surface area contributed by atoms with Crippen LogP contribution in [-0.4, -0.2) is 25.2 Å². The molecule has 7 heteroatoms. The SMILES string of the molecule is CC(C)(O)[C@H]1CC[C@@H](NS(=O)(=O)c2ccc(-c3ccc(F)cc3F)cc2)C1. The van der Waals surface area contributed by atoms with Gasteiger partial charge in [-0.3, -0.25) is 0 Å². The van der Waals surface area contributed by atoms with Gasteiger partial charge in [0.05, 0.1) is 10.5 Å². The van der Waals surface area contributed by atoms with Gasteiger partial charge in [0.2, 0.25) is 10.0 Å². The van der Waals surface area contributed by atoms with Crippen molar-refractivity contribution < 1.29 is 22.3 Å². The number of sulfonamides is 1. The van der Waals surface area contributed by atoms with Crippen LogP contribution >= 0.6 is 0 Å². The summed E-state index contributed by atoms with van der Waals surface area (Å²) in [6, 6.07) is 8.86. The van der Waals surface area contributed by atoms with Gasteiger partial charge in [-0.15, -0.1) is 0 Å². The Balaban J connectivity index is 1.74. The highest BCUT2D eigenvalue weighted by Crippen LogP contribution is 2.34. The largest absolute Gasteiger partial charge is 0.390 e. The predicted octanol–water partition coefficient (Wildman–Crippen LogP) is 3.85. The van der Waals surface area contributed by atoms with Crippen molar-refractivity contribution in [2.24, 2.45) is 5.92 Å². The molecule has 0 bridgehead atoms. The Labute approximate surface area is 158 Å². The number of hydrogen-bond donors (Lipinski definition) is 2. The van der Waals surface area contributed by atoms with Gasteiger partial charge in [0.1, 0.15) is 11.6 Å². The Morgan fingerprint density at radius 1 is 1.07 bits per heavy atom. The zero-order valence-electron chi connectivity index (χ0n) is 15.2. The highest BCUT2D eigenvalue weighted by atomic mass is 32.2. The molecule has 0 heterocycles. The van der Waals surface area contributed by atoms with E-state index in [9.17, 15) is 22.3 Å². The first-order chi connectivity index (χ1) is 12.6. The summed E-state index contributed by atoms with van der Waals surface area (Å²) in [5.74, 6) is -1.32. The average Bonchev–Trinajstić information content (AvgIpc) is 3.03. The van der Waals surface area contributed by atoms with Crippen molar-refractivity contribution in [3.8, 4) is 11.1 Å². The third-order valence-electron chi connectivity index (χ3n) is 5.16. The van der Waals surface area contributed by atoms with Crippen LogP contribution in [0.5, 0.6) is 0 Å². The van der Waals surface area contributed by atoms with Crippen molar-refractivity contribution in [2.45, 2.75) is 49.6 Å². The molecule has 2 atom stereocenters. The summed E-state index contributed by atoms with van der Waals surface area (Å²) >= 11 is 0. The normalized spacial score (nSPS) is 20.8. The van der Waals surface area contributed by atoms with Crippen molar-refractivity contribution >= 4 is 10.0 Å². The monoisotopic (exact) mass is 395 g/mol. The number of hydrogen-bond acceptors (Lipinski definition) is 3. The van der Waals surface area contributed by atoms with Gasteiger partial charge in [-0.1, -0.05) is 12.1 Å². The summed E-state index contributed by atoms with van der Waals surface area (Å²) in [5.41, 5.74) is -0.160. The van der Waals surface area contributed by atoms with E-state index in [-0.39, 0.29) is 22.4 Å². The molecule has 4 nitrogen and oxygen atoms in total. The topological polar surface area (TPSA) is 66.4 Å². The first-order valence-electron chi connectivity index (χ1n) is 8.86. The minimum atomic E-state index is -3.71. The van der Waals surface area contributed by atoms with Gasteiger partial charge in [0.15, 0.2) is 0 Å². The van der Waals surface area contributed by atoms with Gasteiger partial charge >= 0.3 is 0 Å². The lowest BCUT2D eigenvalue weighted by Gasteiger charge is -2.25. The minimum absolute atomic E-state index is 0.0500. The summed E-state index contributed by atoms with van der Waals surface area (Å²) in [7, 11) is -3.71. The van der Waals surface area contributed by atoms with E-state index in [4.69, 9.17) is 0 Å². The highest BCUT2D eigenvalue weighted by Gasteiger charge is 2.36. The van der Waals surface area contributed by atoms with Crippen LogP contribution < -0.4 is 4.72 Å². The molecule has 27 heavy (non-hydrogen) atoms. The number of aliphatic hydroxyl groups is 1. The Morgan fingerprint density at radius 3 is 2.30 bits per heavy atom. The Hall–Kier alpha value is -1.83. The van der Waals surface area contributed by atoms with E-state index >= 15 is 0 Å². The Kier molecular flexibility index (Phi) is 5.38. The number of rotatable bonds is 5. The van der Waals surface area contributed by atoms with Crippen LogP contribution in [-0.2, 0) is 10.0 Å². The first-order valence-corrected chi connectivity index (χ1v) is 10.3. The lowest BCUT2D eigenvalue weighted by Crippen LogP contribution is -2.35. The fourth-order valence-corrected chi connectivity index (χ4v) is 4.84. The molecule has 0 spiro atoms. The molecule has 1 aliphatic rings. The lowest BCUT2D eigenvalue weighted by molar-refractivity contribution is 0.0193. The van der Waals surface area contributed by atoms with E-state index in [0.717, 1.165) is 18.6 Å². The van der Waals surface area contributed by atoms with Crippen LogP contribution in [0.15, 0.2) is 47.4 Å². The fourth-order valence-electron chi connectivity index (χ4n) is 3.55. The maximum atomic E-state index is 13.9. The molecule has 2 N–H and O–H groups in total. The van der Waals surface area contributed by atoms with Gasteiger partial charge < -0.3 is 5.11 Å². The molecule has 2 aromatic carbocycles. The summed E-state index contributed by atoms with van der Waals surface area (Å²) in [6.07, 6.45) is 2.02. The number of benzene rings is 2. The molecule has 1 saturated carbocycles. The Bertz CT molecular complexity index is 921. The van der Waals surface area contributed by atoms with E-state index in [2.05, 4.69) is 4.72 Å². The molecule has 1 aliphatic carbocycles. The first kappa shape index (κ1) is 19.9. The van der Waals surface area contributed by atoms with E-state index in [1.807, 2.05) is 0 Å². The van der Waals surface area contributed by atoms with E-state index < -0.39 is 27.3 Å². The third-order valence-corrected chi connectivity index (χ3v) is 6.70. The zero-order valence-corrected chi connectivity index (χ0v) is 16.1. The van der Waals surface area contributed by atoms with Crippen LogP contribution in [0.4, 0.5) is 8.78 Å². The van der Waals surface area contributed by atoms with E-state index in [0.29, 0.717) is 18.4 Å². The molecule has 1 fully saturated rings. The fraction of sp³-hybridized carbons (Fsp3) is 0.400. The average molecular weight is 395 g/mol. The van der Waals surface area contributed by atoms with Crippen LogP contribution in [0, 0.1) is 17.6 Å². The van der Waals surface area contributed by atoms with Gasteiger partial charge in [-0.2, -0.15) is 0 Å². The van der Waals surface area contributed by atoms with Gasteiger partial charge in [-0.05, 0) is 68.9 Å². The summed E-state index contributed by atoms with van der Waals surface area (Å²) < 4.78 is 54.8. The maximum Gasteiger partial charge on any atom is 0.240 e. The smallest absolute Gasteiger partial charge is 0.240 e. The second-order valence-corrected chi connectivity index (χ2v) is 9.34. The molecule has 0 amide bonds. The van der Waals surface area contributed by atoms with Crippen LogP contribution in [0.1, 0.15) is 33.1 Å². The number of nitrogens with one attached hydrogen (secondary N) is 1. The minimum Gasteiger partial charge on any atom is -0.390 e. The van der Waals surface area contributed by atoms with Crippen molar-refractivity contribution in [1.29, 1.82) is 0 Å². The summed E-state index contributed by atoms with van der Waals surface area (Å²) in [4.78, 5) is 0.0838. The van der Waals surface area contributed by atoms with Crippen molar-refractivity contribution in [3.05, 3.63) is 54.1 Å². The molecule has 0 aliphatic heterocycles. The molecule has 0 aromatic heterocycles. The molecule has 0 unspecified atom stereocenters. The van der Waals surface area contributed by atoms with Crippen molar-refractivity contribution in [1.82, 2.24) is 4.72 Å². The summed E-state index contributed by atoms with van der Waals surface area (Å²) in [5, 5.41) is 10.1. The quantitative estimate of drug-likeness (QED) is 0.808. The standard InChI is InChI=1S/C20H23F2NO3S/c1-20(2,24)14-5-7-16(11-14)23-27(25,26)17-8-3-13(4-9-17)18-10-6-15(21)12-19(18)22/h3-4,6,8-10,12,14,16,23-24H,5,7,11H2,1-2H3/t14-,16+/m0/s1. The molecular weight excluding hydrogens is 372 g/mol. The summed E-state index contributed by atoms with van der Waals surface area (Å²) in [6.45, 7) is 3.48. The third kappa shape index (κ3) is 4.54. The predicted molar refractivity (Wildman–Crippen MR) is 99.5 cm³/mol. The molecule has 3 rings (SSSR count). The second kappa shape index (κ2) is 7.30. The maximum absolute atomic E-state index is 13.9. The van der Waals surface area contributed by atoms with Gasteiger partial charge in [-0.25, -0.2) is 21.9 Å². The van der Waals surface area contributed by atoms with E-state index in [1.165, 1.54) is 30.3 Å². The molecule has 146 valence electrons. The second-order valence-electron chi connectivity index (χ2n) is 7.63. The molecule has 0 saturated heterocycles. The Morgan fingerprint density at radius 2 is 1.74 bits per heavy atom. The molecule has 0 radical (unpaired) electrons. The highest BCUT2D eigenvalue weighted by molar-refractivity contribution is 7.89. The van der Waals surface area contributed by atoms with Crippen molar-refractivity contribution in [2.75, 3.05) is 0 Å². The van der Waals surface area contributed by atoms with Crippen LogP contribution in [0.25, 0.3) is 11.1 Å². The molecular formula is C20H23F2NO3S. The molecule has 2 aromatic rings. The van der Waals surface area contributed by atoms with Gasteiger partial charge in [0.25, 0.3) is 0 Å². The number of halogens is 2. The van der Waals surface area contributed by atoms with Crippen molar-refractivity contribution in [3.63, 3.8) is 0 Å². The van der Waals surface area contributed by atoms with E-state index in [1.54, 1.807) is 13.8 Å². The van der Waals surface area contributed by atoms with Crippen LogP contribution in [0.2, 0.25) is 0 Å². The van der Waals surface area contributed by atoms with Crippen LogP contribution in [0.3, 0.4) is 0 Å².